The summed E-state index contributed by atoms with van der Waals surface area (Å²) in [5.74, 6) is 0.0375. The minimum absolute atomic E-state index is 0.176. The van der Waals surface area contributed by atoms with Gasteiger partial charge in [-0.1, -0.05) is 24.3 Å². The highest BCUT2D eigenvalue weighted by Gasteiger charge is 2.17. The fourth-order valence-corrected chi connectivity index (χ4v) is 2.64. The van der Waals surface area contributed by atoms with Gasteiger partial charge in [-0.2, -0.15) is 0 Å². The Kier molecular flexibility index (Phi) is 6.33. The summed E-state index contributed by atoms with van der Waals surface area (Å²) >= 11 is 0. The smallest absolute Gasteiger partial charge is 0.322 e. The number of carbonyl (C=O) groups is 1. The Labute approximate surface area is 162 Å². The third kappa shape index (κ3) is 5.14. The molecule has 0 saturated heterocycles. The van der Waals surface area contributed by atoms with Crippen molar-refractivity contribution in [2.45, 2.75) is 6.54 Å². The number of halogens is 1. The molecule has 0 aliphatic heterocycles. The van der Waals surface area contributed by atoms with Crippen molar-refractivity contribution in [2.24, 2.45) is 0 Å². The van der Waals surface area contributed by atoms with Crippen LogP contribution in [0, 0.1) is 5.82 Å². The lowest BCUT2D eigenvalue weighted by Crippen LogP contribution is -2.39. The predicted molar refractivity (Wildman–Crippen MR) is 104 cm³/mol. The molecule has 3 aromatic rings. The van der Waals surface area contributed by atoms with Gasteiger partial charge in [-0.3, -0.25) is 0 Å². The van der Waals surface area contributed by atoms with E-state index in [0.29, 0.717) is 35.8 Å². The lowest BCUT2D eigenvalue weighted by molar-refractivity contribution is 0.201. The number of carbonyl (C=O) groups excluding carboxylic acids is 1. The van der Waals surface area contributed by atoms with Crippen LogP contribution >= 0.6 is 0 Å². The summed E-state index contributed by atoms with van der Waals surface area (Å²) in [4.78, 5) is 16.4. The zero-order valence-electron chi connectivity index (χ0n) is 15.8. The maximum Gasteiger partial charge on any atom is 0.322 e. The van der Waals surface area contributed by atoms with E-state index in [1.54, 1.807) is 41.3 Å². The number of benzene rings is 2. The Morgan fingerprint density at radius 3 is 2.68 bits per heavy atom. The first kappa shape index (κ1) is 19.5. The lowest BCUT2D eigenvalue weighted by Gasteiger charge is -2.25. The van der Waals surface area contributed by atoms with Crippen LogP contribution in [0.2, 0.25) is 0 Å². The van der Waals surface area contributed by atoms with Gasteiger partial charge in [0.25, 0.3) is 0 Å². The van der Waals surface area contributed by atoms with Crippen LogP contribution in [0.3, 0.4) is 0 Å². The molecule has 2 aromatic carbocycles. The van der Waals surface area contributed by atoms with Gasteiger partial charge in [0.1, 0.15) is 5.82 Å². The average Bonchev–Trinajstić information content (AvgIpc) is 3.21. The van der Waals surface area contributed by atoms with Crippen molar-refractivity contribution < 1.29 is 13.6 Å². The number of urea groups is 1. The Bertz CT molecular complexity index is 914. The molecule has 8 heteroatoms. The van der Waals surface area contributed by atoms with E-state index >= 15 is 0 Å². The SMILES string of the molecule is CN(C)CCN(Cc1ccccc1F)C(=O)Nc1cccc(-c2nnco2)c1. The van der Waals surface area contributed by atoms with Crippen molar-refractivity contribution >= 4 is 11.7 Å². The molecule has 7 nitrogen and oxygen atoms in total. The molecule has 1 aromatic heterocycles. The van der Waals surface area contributed by atoms with Crippen molar-refractivity contribution in [2.75, 3.05) is 32.5 Å². The monoisotopic (exact) mass is 383 g/mol. The maximum atomic E-state index is 14.1. The quantitative estimate of drug-likeness (QED) is 0.676. The number of hydrogen-bond donors (Lipinski definition) is 1. The largest absolute Gasteiger partial charge is 0.423 e. The standard InChI is InChI=1S/C20H22FN5O2/c1-25(2)10-11-26(13-16-6-3-4-9-18(16)21)20(27)23-17-8-5-7-15(12-17)19-24-22-14-28-19/h3-9,12,14H,10-11,13H2,1-2H3,(H,23,27). The van der Waals surface area contributed by atoms with Crippen molar-refractivity contribution in [1.29, 1.82) is 0 Å². The Balaban J connectivity index is 1.75. The third-order valence-corrected chi connectivity index (χ3v) is 4.14. The summed E-state index contributed by atoms with van der Waals surface area (Å²) in [6.45, 7) is 1.29. The van der Waals surface area contributed by atoms with Gasteiger partial charge in [0, 0.05) is 29.9 Å². The van der Waals surface area contributed by atoms with Crippen molar-refractivity contribution in [3.8, 4) is 11.5 Å². The van der Waals surface area contributed by atoms with Gasteiger partial charge in [0.15, 0.2) is 0 Å². The Hall–Kier alpha value is -3.26. The summed E-state index contributed by atoms with van der Waals surface area (Å²) in [5.41, 5.74) is 1.75. The van der Waals surface area contributed by atoms with Crippen molar-refractivity contribution in [3.05, 3.63) is 66.3 Å². The van der Waals surface area contributed by atoms with E-state index in [1.165, 1.54) is 12.5 Å². The van der Waals surface area contributed by atoms with Crippen LogP contribution in [-0.2, 0) is 6.54 Å². The van der Waals surface area contributed by atoms with Crippen LogP contribution in [0.25, 0.3) is 11.5 Å². The lowest BCUT2D eigenvalue weighted by atomic mass is 10.2. The molecule has 0 atom stereocenters. The second kappa shape index (κ2) is 9.09. The number of nitrogens with one attached hydrogen (secondary N) is 1. The van der Waals surface area contributed by atoms with Crippen molar-refractivity contribution in [1.82, 2.24) is 20.0 Å². The minimum Gasteiger partial charge on any atom is -0.423 e. The zero-order chi connectivity index (χ0) is 19.9. The summed E-state index contributed by atoms with van der Waals surface area (Å²) < 4.78 is 19.2. The first-order valence-electron chi connectivity index (χ1n) is 8.83. The molecule has 2 amide bonds. The van der Waals surface area contributed by atoms with E-state index in [4.69, 9.17) is 4.42 Å². The fraction of sp³-hybridized carbons (Fsp3) is 0.250. The van der Waals surface area contributed by atoms with E-state index in [0.717, 1.165) is 0 Å². The van der Waals surface area contributed by atoms with Gasteiger partial charge in [-0.15, -0.1) is 10.2 Å². The molecule has 0 unspecified atom stereocenters. The molecule has 0 aliphatic rings. The molecule has 0 saturated carbocycles. The van der Waals surface area contributed by atoms with E-state index < -0.39 is 0 Å². The number of rotatable bonds is 7. The Morgan fingerprint density at radius 2 is 1.96 bits per heavy atom. The van der Waals surface area contributed by atoms with Crippen LogP contribution in [-0.4, -0.2) is 53.2 Å². The first-order valence-corrected chi connectivity index (χ1v) is 8.83. The molecule has 0 bridgehead atoms. The Morgan fingerprint density at radius 1 is 1.14 bits per heavy atom. The second-order valence-electron chi connectivity index (χ2n) is 6.57. The molecular formula is C20H22FN5O2. The maximum absolute atomic E-state index is 14.1. The molecule has 28 heavy (non-hydrogen) atoms. The topological polar surface area (TPSA) is 74.5 Å². The summed E-state index contributed by atoms with van der Waals surface area (Å²) in [6.07, 6.45) is 1.25. The average molecular weight is 383 g/mol. The van der Waals surface area contributed by atoms with E-state index in [-0.39, 0.29) is 18.4 Å². The molecule has 0 radical (unpaired) electrons. The summed E-state index contributed by atoms with van der Waals surface area (Å²) in [5, 5.41) is 10.4. The first-order chi connectivity index (χ1) is 13.5. The van der Waals surface area contributed by atoms with Gasteiger partial charge in [-0.05, 0) is 38.4 Å². The zero-order valence-corrected chi connectivity index (χ0v) is 15.8. The second-order valence-corrected chi connectivity index (χ2v) is 6.57. The van der Waals surface area contributed by atoms with Crippen LogP contribution in [0.5, 0.6) is 0 Å². The van der Waals surface area contributed by atoms with Gasteiger partial charge in [0.05, 0.1) is 6.54 Å². The number of anilines is 1. The molecule has 146 valence electrons. The highest BCUT2D eigenvalue weighted by atomic mass is 19.1. The van der Waals surface area contributed by atoms with Gasteiger partial charge < -0.3 is 19.5 Å². The molecule has 3 rings (SSSR count). The molecule has 1 heterocycles. The highest BCUT2D eigenvalue weighted by Crippen LogP contribution is 2.21. The molecule has 0 aliphatic carbocycles. The van der Waals surface area contributed by atoms with Crippen LogP contribution in [0.4, 0.5) is 14.9 Å². The summed E-state index contributed by atoms with van der Waals surface area (Å²) in [7, 11) is 3.85. The van der Waals surface area contributed by atoms with Crippen LogP contribution < -0.4 is 5.32 Å². The predicted octanol–water partition coefficient (Wildman–Crippen LogP) is 3.47. The van der Waals surface area contributed by atoms with E-state index in [9.17, 15) is 9.18 Å². The van der Waals surface area contributed by atoms with E-state index in [1.807, 2.05) is 25.1 Å². The third-order valence-electron chi connectivity index (χ3n) is 4.14. The highest BCUT2D eigenvalue weighted by molar-refractivity contribution is 5.90. The van der Waals surface area contributed by atoms with Crippen LogP contribution in [0.1, 0.15) is 5.56 Å². The number of likely N-dealkylation sites (N-methyl/N-ethyl adjacent to an activating group) is 1. The van der Waals surface area contributed by atoms with E-state index in [2.05, 4.69) is 15.5 Å². The molecule has 1 N–H and O–H groups in total. The van der Waals surface area contributed by atoms with Gasteiger partial charge in [-0.25, -0.2) is 9.18 Å². The molecular weight excluding hydrogens is 361 g/mol. The minimum atomic E-state index is -0.330. The van der Waals surface area contributed by atoms with Gasteiger partial charge in [0.2, 0.25) is 12.3 Å². The fourth-order valence-electron chi connectivity index (χ4n) is 2.64. The number of amides is 2. The van der Waals surface area contributed by atoms with Crippen molar-refractivity contribution in [3.63, 3.8) is 0 Å². The summed E-state index contributed by atoms with van der Waals surface area (Å²) in [6, 6.07) is 13.3. The number of aromatic nitrogens is 2. The molecule has 0 fully saturated rings. The number of hydrogen-bond acceptors (Lipinski definition) is 5. The number of nitrogens with zero attached hydrogens (tertiary/aromatic N) is 4. The van der Waals surface area contributed by atoms with Gasteiger partial charge >= 0.3 is 6.03 Å². The normalized spacial score (nSPS) is 10.9. The molecule has 0 spiro atoms. The van der Waals surface area contributed by atoms with Crippen LogP contribution in [0.15, 0.2) is 59.3 Å².